The Morgan fingerprint density at radius 3 is 2.81 bits per heavy atom. The van der Waals surface area contributed by atoms with Crippen LogP contribution in [0.4, 0.5) is 5.69 Å². The molecule has 16 heavy (non-hydrogen) atoms. The van der Waals surface area contributed by atoms with Crippen molar-refractivity contribution in [2.24, 2.45) is 0 Å². The van der Waals surface area contributed by atoms with Gasteiger partial charge in [-0.3, -0.25) is 4.79 Å². The largest absolute Gasteiger partial charge is 0.481 e. The summed E-state index contributed by atoms with van der Waals surface area (Å²) >= 11 is 0. The van der Waals surface area contributed by atoms with Crippen LogP contribution in [0.25, 0.3) is 10.9 Å². The summed E-state index contributed by atoms with van der Waals surface area (Å²) in [4.78, 5) is 15.4. The zero-order valence-electron chi connectivity index (χ0n) is 9.15. The molecule has 2 rings (SSSR count). The Kier molecular flexibility index (Phi) is 2.72. The van der Waals surface area contributed by atoms with Crippen LogP contribution < -0.4 is 10.1 Å². The Hall–Kier alpha value is -2.10. The highest BCUT2D eigenvalue weighted by molar-refractivity contribution is 5.99. The number of hydrogen-bond donors (Lipinski definition) is 1. The first-order valence-electron chi connectivity index (χ1n) is 4.92. The highest BCUT2D eigenvalue weighted by atomic mass is 16.5. The first-order chi connectivity index (χ1) is 7.70. The maximum Gasteiger partial charge on any atom is 0.221 e. The van der Waals surface area contributed by atoms with Crippen LogP contribution in [0, 0.1) is 0 Å². The molecular weight excluding hydrogens is 204 g/mol. The maximum atomic E-state index is 11.0. The van der Waals surface area contributed by atoms with Gasteiger partial charge >= 0.3 is 0 Å². The van der Waals surface area contributed by atoms with E-state index >= 15 is 0 Å². The molecule has 0 aliphatic carbocycles. The number of methoxy groups -OCH3 is 1. The molecule has 0 fully saturated rings. The number of rotatable bonds is 2. The number of nitrogens with one attached hydrogen (secondary N) is 1. The average molecular weight is 216 g/mol. The van der Waals surface area contributed by atoms with E-state index in [0.29, 0.717) is 11.6 Å². The summed E-state index contributed by atoms with van der Waals surface area (Å²) in [6, 6.07) is 9.33. The van der Waals surface area contributed by atoms with E-state index < -0.39 is 0 Å². The minimum atomic E-state index is -0.114. The highest BCUT2D eigenvalue weighted by Gasteiger charge is 2.04. The summed E-state index contributed by atoms with van der Waals surface area (Å²) in [5.41, 5.74) is 1.43. The van der Waals surface area contributed by atoms with Crippen molar-refractivity contribution in [3.8, 4) is 5.88 Å². The predicted octanol–water partition coefficient (Wildman–Crippen LogP) is 2.20. The first-order valence-corrected chi connectivity index (χ1v) is 4.92. The van der Waals surface area contributed by atoms with Crippen molar-refractivity contribution < 1.29 is 9.53 Å². The van der Waals surface area contributed by atoms with Crippen molar-refractivity contribution in [3.63, 3.8) is 0 Å². The number of amides is 1. The van der Waals surface area contributed by atoms with Crippen LogP contribution >= 0.6 is 0 Å². The van der Waals surface area contributed by atoms with E-state index in [-0.39, 0.29) is 5.91 Å². The van der Waals surface area contributed by atoms with E-state index in [1.54, 1.807) is 13.2 Å². The third kappa shape index (κ3) is 1.95. The van der Waals surface area contributed by atoms with Crippen molar-refractivity contribution in [1.82, 2.24) is 4.98 Å². The lowest BCUT2D eigenvalue weighted by molar-refractivity contribution is -0.114. The SMILES string of the molecule is COc1ccc2cccc(NC(C)=O)c2n1. The van der Waals surface area contributed by atoms with Gasteiger partial charge in [-0.2, -0.15) is 0 Å². The van der Waals surface area contributed by atoms with Gasteiger partial charge in [0, 0.05) is 18.4 Å². The molecule has 1 aromatic heterocycles. The lowest BCUT2D eigenvalue weighted by Gasteiger charge is -2.07. The van der Waals surface area contributed by atoms with E-state index in [9.17, 15) is 4.79 Å². The van der Waals surface area contributed by atoms with E-state index in [1.807, 2.05) is 24.3 Å². The zero-order chi connectivity index (χ0) is 11.5. The lowest BCUT2D eigenvalue weighted by Crippen LogP contribution is -2.06. The number of aromatic nitrogens is 1. The van der Waals surface area contributed by atoms with Gasteiger partial charge in [-0.05, 0) is 12.1 Å². The molecule has 4 nitrogen and oxygen atoms in total. The molecule has 2 aromatic rings. The second kappa shape index (κ2) is 4.18. The minimum Gasteiger partial charge on any atom is -0.481 e. The molecule has 1 N–H and O–H groups in total. The molecule has 1 heterocycles. The van der Waals surface area contributed by atoms with Crippen molar-refractivity contribution in [3.05, 3.63) is 30.3 Å². The van der Waals surface area contributed by atoms with Gasteiger partial charge in [0.15, 0.2) is 0 Å². The molecule has 82 valence electrons. The normalized spacial score (nSPS) is 10.1. The van der Waals surface area contributed by atoms with E-state index in [2.05, 4.69) is 10.3 Å². The summed E-state index contributed by atoms with van der Waals surface area (Å²) in [6.07, 6.45) is 0. The fourth-order valence-corrected chi connectivity index (χ4v) is 1.53. The quantitative estimate of drug-likeness (QED) is 0.837. The van der Waals surface area contributed by atoms with Gasteiger partial charge in [-0.15, -0.1) is 0 Å². The van der Waals surface area contributed by atoms with Gasteiger partial charge < -0.3 is 10.1 Å². The predicted molar refractivity (Wildman–Crippen MR) is 62.6 cm³/mol. The highest BCUT2D eigenvalue weighted by Crippen LogP contribution is 2.23. The smallest absolute Gasteiger partial charge is 0.221 e. The molecule has 0 aliphatic rings. The molecule has 0 bridgehead atoms. The molecule has 0 atom stereocenters. The van der Waals surface area contributed by atoms with E-state index in [1.165, 1.54) is 6.92 Å². The van der Waals surface area contributed by atoms with E-state index in [4.69, 9.17) is 4.74 Å². The standard InChI is InChI=1S/C12H12N2O2/c1-8(15)13-10-5-3-4-9-6-7-11(16-2)14-12(9)10/h3-7H,1-2H3,(H,13,15). The number of para-hydroxylation sites is 1. The van der Waals surface area contributed by atoms with Crippen LogP contribution in [0.1, 0.15) is 6.92 Å². The van der Waals surface area contributed by atoms with Gasteiger partial charge in [0.05, 0.1) is 18.3 Å². The number of carbonyl (C=O) groups is 1. The molecule has 0 radical (unpaired) electrons. The van der Waals surface area contributed by atoms with Gasteiger partial charge in [0.25, 0.3) is 0 Å². The van der Waals surface area contributed by atoms with Crippen molar-refractivity contribution in [2.45, 2.75) is 6.92 Å². The second-order valence-electron chi connectivity index (χ2n) is 3.41. The maximum absolute atomic E-state index is 11.0. The number of pyridine rings is 1. The lowest BCUT2D eigenvalue weighted by atomic mass is 10.2. The number of fused-ring (bicyclic) bond motifs is 1. The van der Waals surface area contributed by atoms with Crippen LogP contribution in [-0.2, 0) is 4.79 Å². The number of nitrogens with zero attached hydrogens (tertiary/aromatic N) is 1. The molecule has 0 aliphatic heterocycles. The van der Waals surface area contributed by atoms with Gasteiger partial charge in [-0.25, -0.2) is 4.98 Å². The second-order valence-corrected chi connectivity index (χ2v) is 3.41. The fraction of sp³-hybridized carbons (Fsp3) is 0.167. The van der Waals surface area contributed by atoms with Crippen molar-refractivity contribution >= 4 is 22.5 Å². The van der Waals surface area contributed by atoms with E-state index in [0.717, 1.165) is 10.9 Å². The molecule has 4 heteroatoms. The third-order valence-corrected chi connectivity index (χ3v) is 2.21. The van der Waals surface area contributed by atoms with Gasteiger partial charge in [-0.1, -0.05) is 12.1 Å². The number of benzene rings is 1. The average Bonchev–Trinajstić information content (AvgIpc) is 2.28. The topological polar surface area (TPSA) is 51.2 Å². The molecule has 1 amide bonds. The summed E-state index contributed by atoms with van der Waals surface area (Å²) in [6.45, 7) is 1.47. The summed E-state index contributed by atoms with van der Waals surface area (Å²) in [7, 11) is 1.56. The Balaban J connectivity index is 2.59. The van der Waals surface area contributed by atoms with Crippen molar-refractivity contribution in [2.75, 3.05) is 12.4 Å². The van der Waals surface area contributed by atoms with Crippen LogP contribution in [0.15, 0.2) is 30.3 Å². The summed E-state index contributed by atoms with van der Waals surface area (Å²) in [5.74, 6) is 0.419. The monoisotopic (exact) mass is 216 g/mol. The molecule has 0 saturated heterocycles. The Morgan fingerprint density at radius 2 is 2.12 bits per heavy atom. The van der Waals surface area contributed by atoms with Crippen molar-refractivity contribution in [1.29, 1.82) is 0 Å². The number of hydrogen-bond acceptors (Lipinski definition) is 3. The number of ether oxygens (including phenoxy) is 1. The van der Waals surface area contributed by atoms with Crippen LogP contribution in [0.3, 0.4) is 0 Å². The third-order valence-electron chi connectivity index (χ3n) is 2.21. The number of carbonyl (C=O) groups excluding carboxylic acids is 1. The number of anilines is 1. The Morgan fingerprint density at radius 1 is 1.31 bits per heavy atom. The molecular formula is C12H12N2O2. The summed E-state index contributed by atoms with van der Waals surface area (Å²) in [5, 5.41) is 3.71. The molecule has 0 spiro atoms. The summed E-state index contributed by atoms with van der Waals surface area (Å²) < 4.78 is 5.06. The zero-order valence-corrected chi connectivity index (χ0v) is 9.15. The minimum absolute atomic E-state index is 0.114. The molecule has 1 aromatic carbocycles. The van der Waals surface area contributed by atoms with Crippen LogP contribution in [0.5, 0.6) is 5.88 Å². The van der Waals surface area contributed by atoms with Crippen LogP contribution in [-0.4, -0.2) is 18.0 Å². The first kappa shape index (κ1) is 10.4. The Labute approximate surface area is 93.3 Å². The molecule has 0 saturated carbocycles. The molecule has 0 unspecified atom stereocenters. The van der Waals surface area contributed by atoms with Gasteiger partial charge in [0.2, 0.25) is 11.8 Å². The fourth-order valence-electron chi connectivity index (χ4n) is 1.53. The van der Waals surface area contributed by atoms with Gasteiger partial charge in [0.1, 0.15) is 0 Å². The Bertz CT molecular complexity index is 538. The van der Waals surface area contributed by atoms with Crippen LogP contribution in [0.2, 0.25) is 0 Å².